The number of nitrogens with zero attached hydrogens (tertiary/aromatic N) is 1. The fourth-order valence-corrected chi connectivity index (χ4v) is 2.38. The van der Waals surface area contributed by atoms with Gasteiger partial charge in [0.25, 0.3) is 0 Å². The van der Waals surface area contributed by atoms with Crippen LogP contribution in [0.5, 0.6) is 0 Å². The van der Waals surface area contributed by atoms with Crippen molar-refractivity contribution in [2.24, 2.45) is 5.92 Å². The molecule has 1 unspecified atom stereocenters. The minimum Gasteiger partial charge on any atom is -0.326 e. The number of hydrogen-bond donors (Lipinski definition) is 2. The van der Waals surface area contributed by atoms with Gasteiger partial charge < -0.3 is 10.6 Å². The first-order chi connectivity index (χ1) is 8.74. The average molecular weight is 268 g/mol. The van der Waals surface area contributed by atoms with E-state index in [9.17, 15) is 4.79 Å². The molecule has 1 amide bonds. The second-order valence-electron chi connectivity index (χ2n) is 4.67. The van der Waals surface area contributed by atoms with E-state index in [0.717, 1.165) is 19.5 Å². The maximum Gasteiger partial charge on any atom is 0.224 e. The van der Waals surface area contributed by atoms with E-state index >= 15 is 0 Å². The summed E-state index contributed by atoms with van der Waals surface area (Å²) in [5, 5.41) is 6.59. The fraction of sp³-hybridized carbons (Fsp3) is 0.538. The van der Waals surface area contributed by atoms with Crippen molar-refractivity contribution in [1.29, 1.82) is 0 Å². The Kier molecular flexibility index (Phi) is 4.96. The summed E-state index contributed by atoms with van der Waals surface area (Å²) in [5.74, 6) is 0.674. The lowest BCUT2D eigenvalue weighted by Crippen LogP contribution is -2.30. The zero-order valence-corrected chi connectivity index (χ0v) is 11.0. The molecule has 18 heavy (non-hydrogen) atoms. The van der Waals surface area contributed by atoms with E-state index in [1.165, 1.54) is 12.8 Å². The summed E-state index contributed by atoms with van der Waals surface area (Å²) in [6, 6.07) is 3.40. The molecule has 0 aliphatic carbocycles. The molecule has 2 N–H and O–H groups in total. The zero-order chi connectivity index (χ0) is 12.8. The Morgan fingerprint density at radius 3 is 3.22 bits per heavy atom. The monoisotopic (exact) mass is 267 g/mol. The van der Waals surface area contributed by atoms with Crippen LogP contribution in [0.25, 0.3) is 0 Å². The third-order valence-corrected chi connectivity index (χ3v) is 3.40. The van der Waals surface area contributed by atoms with Crippen molar-refractivity contribution in [3.05, 3.63) is 23.5 Å². The minimum absolute atomic E-state index is 0.0443. The van der Waals surface area contributed by atoms with Gasteiger partial charge in [0.1, 0.15) is 5.15 Å². The summed E-state index contributed by atoms with van der Waals surface area (Å²) < 4.78 is 0. The Morgan fingerprint density at radius 1 is 1.61 bits per heavy atom. The van der Waals surface area contributed by atoms with E-state index in [2.05, 4.69) is 15.6 Å². The van der Waals surface area contributed by atoms with Crippen LogP contribution in [-0.4, -0.2) is 24.0 Å². The molecule has 2 heterocycles. The first-order valence-corrected chi connectivity index (χ1v) is 6.74. The van der Waals surface area contributed by atoms with Crippen LogP contribution in [0, 0.1) is 5.92 Å². The van der Waals surface area contributed by atoms with Gasteiger partial charge in [0.15, 0.2) is 0 Å². The largest absolute Gasteiger partial charge is 0.326 e. The number of amides is 1. The number of piperidine rings is 1. The number of hydrogen-bond acceptors (Lipinski definition) is 3. The number of carbonyl (C=O) groups excluding carboxylic acids is 1. The Labute approximate surface area is 112 Å². The Bertz CT molecular complexity index is 405. The molecule has 5 heteroatoms. The highest BCUT2D eigenvalue weighted by molar-refractivity contribution is 6.29. The van der Waals surface area contributed by atoms with Crippen molar-refractivity contribution in [2.75, 3.05) is 18.4 Å². The molecule has 1 aliphatic rings. The topological polar surface area (TPSA) is 54.0 Å². The molecule has 1 aromatic rings. The van der Waals surface area contributed by atoms with Gasteiger partial charge in [0.2, 0.25) is 5.91 Å². The highest BCUT2D eigenvalue weighted by Gasteiger charge is 2.14. The number of anilines is 1. The summed E-state index contributed by atoms with van der Waals surface area (Å²) >= 11 is 5.76. The molecule has 1 atom stereocenters. The van der Waals surface area contributed by atoms with E-state index in [1.807, 2.05) is 0 Å². The molecule has 0 saturated carbocycles. The van der Waals surface area contributed by atoms with Gasteiger partial charge in [-0.15, -0.1) is 0 Å². The van der Waals surface area contributed by atoms with Crippen molar-refractivity contribution in [3.8, 4) is 0 Å². The third-order valence-electron chi connectivity index (χ3n) is 3.19. The van der Waals surface area contributed by atoms with E-state index < -0.39 is 0 Å². The molecule has 1 aliphatic heterocycles. The van der Waals surface area contributed by atoms with Crippen LogP contribution in [0.15, 0.2) is 18.3 Å². The highest BCUT2D eigenvalue weighted by Crippen LogP contribution is 2.17. The summed E-state index contributed by atoms with van der Waals surface area (Å²) in [6.45, 7) is 2.15. The lowest BCUT2D eigenvalue weighted by atomic mass is 9.94. The third kappa shape index (κ3) is 4.27. The van der Waals surface area contributed by atoms with Gasteiger partial charge in [-0.3, -0.25) is 4.79 Å². The van der Waals surface area contributed by atoms with Crippen LogP contribution in [0.1, 0.15) is 25.7 Å². The number of nitrogens with one attached hydrogen (secondary N) is 2. The standard InChI is InChI=1S/C13H18ClN3O/c14-12-8-11(5-7-16-12)17-13(18)4-3-10-2-1-6-15-9-10/h5,7-8,10,15H,1-4,6,9H2,(H,16,17,18). The Morgan fingerprint density at radius 2 is 2.50 bits per heavy atom. The SMILES string of the molecule is O=C(CCC1CCCNC1)Nc1ccnc(Cl)c1. The van der Waals surface area contributed by atoms with E-state index in [-0.39, 0.29) is 5.91 Å². The predicted octanol–water partition coefficient (Wildman–Crippen LogP) is 2.45. The zero-order valence-electron chi connectivity index (χ0n) is 10.3. The smallest absolute Gasteiger partial charge is 0.224 e. The normalized spacial score (nSPS) is 19.5. The Hall–Kier alpha value is -1.13. The van der Waals surface area contributed by atoms with Gasteiger partial charge in [0.05, 0.1) is 0 Å². The quantitative estimate of drug-likeness (QED) is 0.824. The molecule has 98 valence electrons. The van der Waals surface area contributed by atoms with Crippen LogP contribution >= 0.6 is 11.6 Å². The van der Waals surface area contributed by atoms with E-state index in [4.69, 9.17) is 11.6 Å². The summed E-state index contributed by atoms with van der Waals surface area (Å²) in [7, 11) is 0. The molecule has 1 saturated heterocycles. The number of pyridine rings is 1. The van der Waals surface area contributed by atoms with Crippen LogP contribution in [0.2, 0.25) is 5.15 Å². The molecule has 0 spiro atoms. The second kappa shape index (κ2) is 6.71. The maximum absolute atomic E-state index is 11.8. The predicted molar refractivity (Wildman–Crippen MR) is 72.7 cm³/mol. The van der Waals surface area contributed by atoms with E-state index in [1.54, 1.807) is 18.3 Å². The van der Waals surface area contributed by atoms with Gasteiger partial charge in [-0.1, -0.05) is 11.6 Å². The van der Waals surface area contributed by atoms with Crippen molar-refractivity contribution < 1.29 is 4.79 Å². The molecule has 1 fully saturated rings. The second-order valence-corrected chi connectivity index (χ2v) is 5.05. The summed E-state index contributed by atoms with van der Waals surface area (Å²) in [5.41, 5.74) is 0.710. The lowest BCUT2D eigenvalue weighted by Gasteiger charge is -2.22. The van der Waals surface area contributed by atoms with Crippen molar-refractivity contribution in [3.63, 3.8) is 0 Å². The average Bonchev–Trinajstić information content (AvgIpc) is 2.38. The van der Waals surface area contributed by atoms with Gasteiger partial charge in [-0.25, -0.2) is 4.98 Å². The fourth-order valence-electron chi connectivity index (χ4n) is 2.21. The number of aromatic nitrogens is 1. The van der Waals surface area contributed by atoms with E-state index in [0.29, 0.717) is 23.2 Å². The lowest BCUT2D eigenvalue weighted by molar-refractivity contribution is -0.116. The van der Waals surface area contributed by atoms with Crippen LogP contribution in [0.4, 0.5) is 5.69 Å². The van der Waals surface area contributed by atoms with Crippen molar-refractivity contribution in [1.82, 2.24) is 10.3 Å². The van der Waals surface area contributed by atoms with Gasteiger partial charge in [-0.05, 0) is 50.4 Å². The highest BCUT2D eigenvalue weighted by atomic mass is 35.5. The molecule has 4 nitrogen and oxygen atoms in total. The van der Waals surface area contributed by atoms with Crippen LogP contribution in [0.3, 0.4) is 0 Å². The first-order valence-electron chi connectivity index (χ1n) is 6.36. The molecule has 0 aromatic carbocycles. The molecule has 0 radical (unpaired) electrons. The molecular formula is C13H18ClN3O. The number of carbonyl (C=O) groups is 1. The van der Waals surface area contributed by atoms with Crippen LogP contribution < -0.4 is 10.6 Å². The van der Waals surface area contributed by atoms with Gasteiger partial charge in [-0.2, -0.15) is 0 Å². The van der Waals surface area contributed by atoms with Gasteiger partial charge >= 0.3 is 0 Å². The molecule has 1 aromatic heterocycles. The van der Waals surface area contributed by atoms with Crippen molar-refractivity contribution in [2.45, 2.75) is 25.7 Å². The van der Waals surface area contributed by atoms with Gasteiger partial charge in [0, 0.05) is 18.3 Å². The van der Waals surface area contributed by atoms with Crippen LogP contribution in [-0.2, 0) is 4.79 Å². The summed E-state index contributed by atoms with van der Waals surface area (Å²) in [4.78, 5) is 15.6. The number of halogens is 1. The minimum atomic E-state index is 0.0443. The molecule has 2 rings (SSSR count). The van der Waals surface area contributed by atoms with Crippen molar-refractivity contribution >= 4 is 23.2 Å². The Balaban J connectivity index is 1.74. The summed E-state index contributed by atoms with van der Waals surface area (Å²) in [6.07, 6.45) is 5.53. The first kappa shape index (κ1) is 13.3. The number of rotatable bonds is 4. The maximum atomic E-state index is 11.8. The molecular weight excluding hydrogens is 250 g/mol. The molecule has 0 bridgehead atoms.